The van der Waals surface area contributed by atoms with Gasteiger partial charge in [-0.3, -0.25) is 4.79 Å². The van der Waals surface area contributed by atoms with Crippen LogP contribution in [0.5, 0.6) is 0 Å². The molecule has 0 bridgehead atoms. The predicted octanol–water partition coefficient (Wildman–Crippen LogP) is 3.90. The number of hydrogen-bond acceptors (Lipinski definition) is 1. The number of allylic oxidation sites excluding steroid dienone is 4. The topological polar surface area (TPSA) is 17.1 Å². The molecule has 1 heteroatoms. The van der Waals surface area contributed by atoms with Crippen LogP contribution in [-0.2, 0) is 4.79 Å². The first-order valence-electron chi connectivity index (χ1n) is 5.83. The van der Waals surface area contributed by atoms with Crippen LogP contribution in [-0.4, -0.2) is 6.29 Å². The SMILES string of the molecule is CC/C(C=O)=C/C[C@H]1CC=C(C)C1(C)C. The van der Waals surface area contributed by atoms with Crippen molar-refractivity contribution in [2.24, 2.45) is 11.3 Å². The van der Waals surface area contributed by atoms with E-state index in [1.165, 1.54) is 5.57 Å². The highest BCUT2D eigenvalue weighted by Gasteiger charge is 2.33. The highest BCUT2D eigenvalue weighted by atomic mass is 16.1. The van der Waals surface area contributed by atoms with Gasteiger partial charge in [-0.1, -0.05) is 38.5 Å². The maximum Gasteiger partial charge on any atom is 0.145 e. The Kier molecular flexibility index (Phi) is 3.90. The van der Waals surface area contributed by atoms with Crippen molar-refractivity contribution in [3.8, 4) is 0 Å². The van der Waals surface area contributed by atoms with Gasteiger partial charge in [-0.15, -0.1) is 0 Å². The van der Waals surface area contributed by atoms with Crippen molar-refractivity contribution in [3.63, 3.8) is 0 Å². The second-order valence-corrected chi connectivity index (χ2v) is 5.03. The van der Waals surface area contributed by atoms with Crippen LogP contribution in [0, 0.1) is 11.3 Å². The first kappa shape index (κ1) is 12.2. The minimum atomic E-state index is 0.304. The Hall–Kier alpha value is -0.850. The van der Waals surface area contributed by atoms with E-state index < -0.39 is 0 Å². The zero-order chi connectivity index (χ0) is 11.5. The van der Waals surface area contributed by atoms with Crippen LogP contribution in [0.2, 0.25) is 0 Å². The second-order valence-electron chi connectivity index (χ2n) is 5.03. The summed E-state index contributed by atoms with van der Waals surface area (Å²) in [6.45, 7) is 8.85. The quantitative estimate of drug-likeness (QED) is 0.387. The lowest BCUT2D eigenvalue weighted by molar-refractivity contribution is -0.105. The molecule has 0 aliphatic heterocycles. The normalized spacial score (nSPS) is 25.2. The third-order valence-corrected chi connectivity index (χ3v) is 3.97. The third kappa shape index (κ3) is 2.58. The lowest BCUT2D eigenvalue weighted by Crippen LogP contribution is -2.19. The summed E-state index contributed by atoms with van der Waals surface area (Å²) >= 11 is 0. The monoisotopic (exact) mass is 206 g/mol. The molecule has 0 saturated heterocycles. The average molecular weight is 206 g/mol. The number of aldehydes is 1. The largest absolute Gasteiger partial charge is 0.298 e. The van der Waals surface area contributed by atoms with E-state index in [9.17, 15) is 4.79 Å². The second kappa shape index (κ2) is 4.78. The number of carbonyl (C=O) groups is 1. The molecule has 0 heterocycles. The van der Waals surface area contributed by atoms with Crippen molar-refractivity contribution in [2.75, 3.05) is 0 Å². The molecule has 0 unspecified atom stereocenters. The maximum atomic E-state index is 10.7. The van der Waals surface area contributed by atoms with Crippen molar-refractivity contribution in [2.45, 2.75) is 47.0 Å². The Morgan fingerprint density at radius 1 is 1.60 bits per heavy atom. The van der Waals surface area contributed by atoms with Gasteiger partial charge < -0.3 is 0 Å². The molecule has 0 fully saturated rings. The van der Waals surface area contributed by atoms with Crippen LogP contribution in [0.1, 0.15) is 47.0 Å². The van der Waals surface area contributed by atoms with Crippen LogP contribution in [0.4, 0.5) is 0 Å². The Morgan fingerprint density at radius 3 is 2.67 bits per heavy atom. The van der Waals surface area contributed by atoms with Gasteiger partial charge >= 0.3 is 0 Å². The minimum absolute atomic E-state index is 0.304. The molecule has 0 N–H and O–H groups in total. The summed E-state index contributed by atoms with van der Waals surface area (Å²) in [6.07, 6.45) is 8.48. The molecular weight excluding hydrogens is 184 g/mol. The van der Waals surface area contributed by atoms with Crippen LogP contribution in [0.3, 0.4) is 0 Å². The first-order chi connectivity index (χ1) is 7.02. The van der Waals surface area contributed by atoms with Gasteiger partial charge in [0.25, 0.3) is 0 Å². The molecule has 1 atom stereocenters. The van der Waals surface area contributed by atoms with Gasteiger partial charge in [0.05, 0.1) is 0 Å². The minimum Gasteiger partial charge on any atom is -0.298 e. The summed E-state index contributed by atoms with van der Waals surface area (Å²) in [5, 5.41) is 0. The fourth-order valence-electron chi connectivity index (χ4n) is 2.16. The highest BCUT2D eigenvalue weighted by Crippen LogP contribution is 2.44. The highest BCUT2D eigenvalue weighted by molar-refractivity contribution is 5.72. The molecule has 1 nitrogen and oxygen atoms in total. The zero-order valence-corrected chi connectivity index (χ0v) is 10.3. The van der Waals surface area contributed by atoms with E-state index >= 15 is 0 Å². The summed E-state index contributed by atoms with van der Waals surface area (Å²) in [5.74, 6) is 0.666. The van der Waals surface area contributed by atoms with Gasteiger partial charge in [0.15, 0.2) is 0 Å². The van der Waals surface area contributed by atoms with Gasteiger partial charge in [-0.2, -0.15) is 0 Å². The Balaban J connectivity index is 2.63. The van der Waals surface area contributed by atoms with E-state index in [1.807, 2.05) is 6.92 Å². The Labute approximate surface area is 93.3 Å². The fourth-order valence-corrected chi connectivity index (χ4v) is 2.16. The van der Waals surface area contributed by atoms with E-state index in [0.29, 0.717) is 11.3 Å². The summed E-state index contributed by atoms with van der Waals surface area (Å²) in [6, 6.07) is 0. The number of hydrogen-bond donors (Lipinski definition) is 0. The van der Waals surface area contributed by atoms with E-state index in [2.05, 4.69) is 32.9 Å². The summed E-state index contributed by atoms with van der Waals surface area (Å²) in [7, 11) is 0. The van der Waals surface area contributed by atoms with E-state index in [0.717, 1.165) is 31.1 Å². The van der Waals surface area contributed by atoms with Crippen molar-refractivity contribution in [1.82, 2.24) is 0 Å². The molecule has 0 saturated carbocycles. The van der Waals surface area contributed by atoms with Gasteiger partial charge in [-0.25, -0.2) is 0 Å². The lowest BCUT2D eigenvalue weighted by atomic mass is 9.76. The van der Waals surface area contributed by atoms with Crippen LogP contribution in [0.15, 0.2) is 23.3 Å². The zero-order valence-electron chi connectivity index (χ0n) is 10.3. The van der Waals surface area contributed by atoms with Crippen LogP contribution < -0.4 is 0 Å². The summed E-state index contributed by atoms with van der Waals surface area (Å²) in [5.41, 5.74) is 2.73. The average Bonchev–Trinajstić information content (AvgIpc) is 2.45. The van der Waals surface area contributed by atoms with Crippen molar-refractivity contribution < 1.29 is 4.79 Å². The molecule has 0 spiro atoms. The molecule has 0 radical (unpaired) electrons. The summed E-state index contributed by atoms with van der Waals surface area (Å²) < 4.78 is 0. The van der Waals surface area contributed by atoms with Crippen molar-refractivity contribution in [3.05, 3.63) is 23.3 Å². The van der Waals surface area contributed by atoms with Crippen LogP contribution >= 0.6 is 0 Å². The molecule has 1 aliphatic carbocycles. The van der Waals surface area contributed by atoms with Crippen LogP contribution in [0.25, 0.3) is 0 Å². The summed E-state index contributed by atoms with van der Waals surface area (Å²) in [4.78, 5) is 10.7. The predicted molar refractivity (Wildman–Crippen MR) is 64.7 cm³/mol. The fraction of sp³-hybridized carbons (Fsp3) is 0.643. The van der Waals surface area contributed by atoms with E-state index in [-0.39, 0.29) is 0 Å². The Morgan fingerprint density at radius 2 is 2.27 bits per heavy atom. The van der Waals surface area contributed by atoms with Gasteiger partial charge in [0.2, 0.25) is 0 Å². The van der Waals surface area contributed by atoms with Crippen molar-refractivity contribution >= 4 is 6.29 Å². The molecule has 0 aromatic heterocycles. The maximum absolute atomic E-state index is 10.7. The van der Waals surface area contributed by atoms with Gasteiger partial charge in [0.1, 0.15) is 6.29 Å². The van der Waals surface area contributed by atoms with E-state index in [4.69, 9.17) is 0 Å². The number of carbonyl (C=O) groups excluding carboxylic acids is 1. The number of rotatable bonds is 4. The molecule has 15 heavy (non-hydrogen) atoms. The lowest BCUT2D eigenvalue weighted by Gasteiger charge is -2.29. The molecular formula is C14H22O. The van der Waals surface area contributed by atoms with Gasteiger partial charge in [0, 0.05) is 0 Å². The van der Waals surface area contributed by atoms with Gasteiger partial charge in [-0.05, 0) is 43.1 Å². The third-order valence-electron chi connectivity index (χ3n) is 3.97. The molecule has 0 amide bonds. The van der Waals surface area contributed by atoms with Crippen molar-refractivity contribution in [1.29, 1.82) is 0 Å². The molecule has 1 rings (SSSR count). The molecule has 84 valence electrons. The van der Waals surface area contributed by atoms with E-state index in [1.54, 1.807) is 0 Å². The molecule has 0 aromatic carbocycles. The first-order valence-corrected chi connectivity index (χ1v) is 5.83. The Bertz CT molecular complexity index is 294. The molecule has 0 aromatic rings. The standard InChI is InChI=1S/C14H22O/c1-5-12(10-15)7-9-13-8-6-11(2)14(13,3)4/h6-7,10,13H,5,8-9H2,1-4H3/b12-7-/t13-/m1/s1. The molecule has 1 aliphatic rings. The smallest absolute Gasteiger partial charge is 0.145 e.